The molecule has 0 aromatic heterocycles. The van der Waals surface area contributed by atoms with Crippen molar-refractivity contribution >= 4 is 11.9 Å². The van der Waals surface area contributed by atoms with E-state index < -0.39 is 12.0 Å². The number of carboxylic acid groups (broad SMARTS) is 1. The van der Waals surface area contributed by atoms with Crippen molar-refractivity contribution < 1.29 is 19.4 Å². The molecule has 1 saturated carbocycles. The molecule has 1 aromatic rings. The van der Waals surface area contributed by atoms with Gasteiger partial charge in [-0.25, -0.2) is 0 Å². The molecule has 1 heterocycles. The fraction of sp³-hybridized carbons (Fsp3) is 0.600. The van der Waals surface area contributed by atoms with Crippen LogP contribution in [0.25, 0.3) is 0 Å². The van der Waals surface area contributed by atoms with E-state index in [9.17, 15) is 14.7 Å². The van der Waals surface area contributed by atoms with Gasteiger partial charge in [0.05, 0.1) is 13.7 Å². The topological polar surface area (TPSA) is 73.3 Å². The summed E-state index contributed by atoms with van der Waals surface area (Å²) in [4.78, 5) is 30.0. The molecule has 0 bridgehead atoms. The quantitative estimate of drug-likeness (QED) is 0.738. The average molecular weight is 375 g/mol. The molecule has 148 valence electrons. The predicted molar refractivity (Wildman–Crippen MR) is 102 cm³/mol. The number of rotatable bonds is 8. The smallest absolute Gasteiger partial charge is 0.320 e. The van der Waals surface area contributed by atoms with Gasteiger partial charge in [-0.2, -0.15) is 0 Å². The number of carbonyl (C=O) groups is 2. The Bertz CT molecular complexity index is 652. The van der Waals surface area contributed by atoms with Crippen LogP contribution in [0.15, 0.2) is 24.3 Å². The molecule has 7 nitrogen and oxygen atoms in total. The van der Waals surface area contributed by atoms with Crippen LogP contribution in [0.1, 0.15) is 25.3 Å². The summed E-state index contributed by atoms with van der Waals surface area (Å²) in [6, 6.07) is 7.69. The van der Waals surface area contributed by atoms with E-state index in [2.05, 4.69) is 17.0 Å². The molecule has 0 radical (unpaired) electrons. The number of methoxy groups -OCH3 is 1. The van der Waals surface area contributed by atoms with E-state index >= 15 is 0 Å². The van der Waals surface area contributed by atoms with Crippen molar-refractivity contribution in [3.8, 4) is 5.75 Å². The number of hydrogen-bond donors (Lipinski definition) is 1. The number of benzene rings is 1. The van der Waals surface area contributed by atoms with E-state index in [0.29, 0.717) is 13.1 Å². The van der Waals surface area contributed by atoms with Crippen LogP contribution in [0.5, 0.6) is 5.75 Å². The zero-order chi connectivity index (χ0) is 19.4. The van der Waals surface area contributed by atoms with Crippen LogP contribution in [0.2, 0.25) is 0 Å². The normalized spacial score (nSPS) is 19.1. The Kier molecular flexibility index (Phi) is 6.34. The van der Waals surface area contributed by atoms with Gasteiger partial charge in [0, 0.05) is 38.8 Å². The van der Waals surface area contributed by atoms with Crippen molar-refractivity contribution in [3.05, 3.63) is 29.8 Å². The number of carboxylic acids is 1. The second kappa shape index (κ2) is 8.71. The molecule has 1 aliphatic carbocycles. The molecule has 0 spiro atoms. The van der Waals surface area contributed by atoms with E-state index in [4.69, 9.17) is 4.74 Å². The highest BCUT2D eigenvalue weighted by Crippen LogP contribution is 2.28. The van der Waals surface area contributed by atoms with Gasteiger partial charge in [0.15, 0.2) is 0 Å². The van der Waals surface area contributed by atoms with Crippen molar-refractivity contribution in [2.45, 2.75) is 38.4 Å². The minimum atomic E-state index is -0.862. The first-order valence-corrected chi connectivity index (χ1v) is 9.59. The Labute approximate surface area is 160 Å². The Morgan fingerprint density at radius 1 is 1.19 bits per heavy atom. The lowest BCUT2D eigenvalue weighted by Crippen LogP contribution is -2.53. The van der Waals surface area contributed by atoms with Crippen molar-refractivity contribution in [1.29, 1.82) is 0 Å². The van der Waals surface area contributed by atoms with Gasteiger partial charge < -0.3 is 14.7 Å². The number of hydrogen-bond acceptors (Lipinski definition) is 5. The van der Waals surface area contributed by atoms with Crippen LogP contribution in [-0.4, -0.2) is 83.6 Å². The Balaban J connectivity index is 1.47. The van der Waals surface area contributed by atoms with Crippen LogP contribution < -0.4 is 4.74 Å². The highest BCUT2D eigenvalue weighted by Gasteiger charge is 2.37. The fourth-order valence-corrected chi connectivity index (χ4v) is 3.53. The molecule has 1 atom stereocenters. The lowest BCUT2D eigenvalue weighted by Gasteiger charge is -2.36. The maximum atomic E-state index is 12.7. The van der Waals surface area contributed by atoms with Crippen molar-refractivity contribution in [1.82, 2.24) is 14.7 Å². The third-order valence-electron chi connectivity index (χ3n) is 5.48. The SMILES string of the molecule is COc1ccc(CN2CCN(C(=O)CN(C3CC3)C(C)C(=O)O)CC2)cc1. The Morgan fingerprint density at radius 3 is 2.33 bits per heavy atom. The summed E-state index contributed by atoms with van der Waals surface area (Å²) in [5.41, 5.74) is 1.23. The van der Waals surface area contributed by atoms with Crippen molar-refractivity contribution in [3.63, 3.8) is 0 Å². The van der Waals surface area contributed by atoms with E-state index in [1.54, 1.807) is 14.0 Å². The Hall–Kier alpha value is -2.12. The maximum Gasteiger partial charge on any atom is 0.320 e. The number of amides is 1. The summed E-state index contributed by atoms with van der Waals surface area (Å²) in [7, 11) is 1.66. The first kappa shape index (κ1) is 19.6. The summed E-state index contributed by atoms with van der Waals surface area (Å²) in [6.45, 7) is 5.77. The third-order valence-corrected chi connectivity index (χ3v) is 5.48. The summed E-state index contributed by atoms with van der Waals surface area (Å²) >= 11 is 0. The van der Waals surface area contributed by atoms with Crippen LogP contribution in [0.4, 0.5) is 0 Å². The summed E-state index contributed by atoms with van der Waals surface area (Å²) < 4.78 is 5.19. The largest absolute Gasteiger partial charge is 0.497 e. The summed E-state index contributed by atoms with van der Waals surface area (Å²) in [5, 5.41) is 9.28. The molecule has 7 heteroatoms. The molecule has 1 saturated heterocycles. The lowest BCUT2D eigenvalue weighted by molar-refractivity contribution is -0.144. The number of aliphatic carboxylic acids is 1. The van der Waals surface area contributed by atoms with Gasteiger partial charge >= 0.3 is 5.97 Å². The number of nitrogens with zero attached hydrogens (tertiary/aromatic N) is 3. The van der Waals surface area contributed by atoms with Gasteiger partial charge in [-0.05, 0) is 37.5 Å². The van der Waals surface area contributed by atoms with Gasteiger partial charge in [0.1, 0.15) is 11.8 Å². The maximum absolute atomic E-state index is 12.7. The molecular formula is C20H29N3O4. The zero-order valence-corrected chi connectivity index (χ0v) is 16.1. The summed E-state index contributed by atoms with van der Waals surface area (Å²) in [6.07, 6.45) is 1.97. The van der Waals surface area contributed by atoms with Crippen molar-refractivity contribution in [2.24, 2.45) is 0 Å². The number of ether oxygens (including phenoxy) is 1. The molecule has 1 unspecified atom stereocenters. The highest BCUT2D eigenvalue weighted by atomic mass is 16.5. The van der Waals surface area contributed by atoms with Crippen LogP contribution >= 0.6 is 0 Å². The van der Waals surface area contributed by atoms with Gasteiger partial charge in [0.25, 0.3) is 0 Å². The van der Waals surface area contributed by atoms with Gasteiger partial charge in [-0.1, -0.05) is 12.1 Å². The van der Waals surface area contributed by atoms with Crippen LogP contribution in [0.3, 0.4) is 0 Å². The molecular weight excluding hydrogens is 346 g/mol. The zero-order valence-electron chi connectivity index (χ0n) is 16.1. The number of carbonyl (C=O) groups excluding carboxylic acids is 1. The molecule has 27 heavy (non-hydrogen) atoms. The molecule has 3 rings (SSSR count). The highest BCUT2D eigenvalue weighted by molar-refractivity contribution is 5.80. The third kappa shape index (κ3) is 5.20. The second-order valence-corrected chi connectivity index (χ2v) is 7.42. The molecule has 2 aliphatic rings. The predicted octanol–water partition coefficient (Wildman–Crippen LogP) is 1.28. The molecule has 1 amide bonds. The first-order valence-electron chi connectivity index (χ1n) is 9.59. The molecule has 1 aromatic carbocycles. The number of piperazine rings is 1. The van der Waals surface area contributed by atoms with Gasteiger partial charge in [0.2, 0.25) is 5.91 Å². The van der Waals surface area contributed by atoms with E-state index in [-0.39, 0.29) is 18.5 Å². The first-order chi connectivity index (χ1) is 13.0. The minimum Gasteiger partial charge on any atom is -0.497 e. The second-order valence-electron chi connectivity index (χ2n) is 7.42. The molecule has 2 fully saturated rings. The molecule has 1 N–H and O–H groups in total. The van der Waals surface area contributed by atoms with E-state index in [0.717, 1.165) is 38.2 Å². The van der Waals surface area contributed by atoms with Gasteiger partial charge in [-0.3, -0.25) is 19.4 Å². The Morgan fingerprint density at radius 2 is 1.81 bits per heavy atom. The van der Waals surface area contributed by atoms with E-state index in [1.807, 2.05) is 21.9 Å². The summed E-state index contributed by atoms with van der Waals surface area (Å²) in [5.74, 6) is 0.0306. The average Bonchev–Trinajstić information content (AvgIpc) is 3.51. The monoisotopic (exact) mass is 375 g/mol. The standard InChI is InChI=1S/C20H29N3O4/c1-15(20(25)26)23(17-5-6-17)14-19(24)22-11-9-21(10-12-22)13-16-3-7-18(27-2)8-4-16/h3-4,7-8,15,17H,5-6,9-14H2,1-2H3,(H,25,26). The lowest BCUT2D eigenvalue weighted by atomic mass is 10.2. The van der Waals surface area contributed by atoms with E-state index in [1.165, 1.54) is 5.56 Å². The van der Waals surface area contributed by atoms with Crippen molar-refractivity contribution in [2.75, 3.05) is 39.8 Å². The molecule has 1 aliphatic heterocycles. The fourth-order valence-electron chi connectivity index (χ4n) is 3.53. The van der Waals surface area contributed by atoms with Gasteiger partial charge in [-0.15, -0.1) is 0 Å². The van der Waals surface area contributed by atoms with Crippen LogP contribution in [-0.2, 0) is 16.1 Å². The minimum absolute atomic E-state index is 0.0408. The van der Waals surface area contributed by atoms with Crippen LogP contribution in [0, 0.1) is 0 Å².